The lowest BCUT2D eigenvalue weighted by molar-refractivity contribution is 0.503. The molecule has 0 spiro atoms. The second kappa shape index (κ2) is 6.39. The molecule has 68 valence electrons. The number of rotatable bonds is 4. The molecule has 0 aliphatic carbocycles. The average molecular weight is 183 g/mol. The maximum absolute atomic E-state index is 5.17. The van der Waals surface area contributed by atoms with Gasteiger partial charge in [-0.3, -0.25) is 0 Å². The first-order valence-corrected chi connectivity index (χ1v) is 5.83. The molecule has 1 rings (SSSR count). The minimum absolute atomic E-state index is 0.751. The monoisotopic (exact) mass is 183 g/mol. The Morgan fingerprint density at radius 3 is 3.17 bits per heavy atom. The van der Waals surface area contributed by atoms with E-state index in [9.17, 15) is 0 Å². The van der Waals surface area contributed by atoms with Gasteiger partial charge in [0, 0.05) is 18.2 Å². The van der Waals surface area contributed by atoms with E-state index in [4.69, 9.17) is 6.42 Å². The topological polar surface area (TPSA) is 12.0 Å². The zero-order valence-electron chi connectivity index (χ0n) is 7.51. The third kappa shape index (κ3) is 4.04. The normalized spacial score (nSPS) is 23.4. The van der Waals surface area contributed by atoms with Crippen molar-refractivity contribution in [3.8, 4) is 12.3 Å². The van der Waals surface area contributed by atoms with Crippen molar-refractivity contribution >= 4 is 11.8 Å². The Morgan fingerprint density at radius 2 is 2.50 bits per heavy atom. The Bertz CT molecular complexity index is 144. The standard InChI is InChI=1S/C10H17NS/c1-2-3-4-7-11-10-6-5-8-12-9-10/h1,10-11H,3-9H2. The van der Waals surface area contributed by atoms with Crippen molar-refractivity contribution in [1.29, 1.82) is 0 Å². The zero-order valence-corrected chi connectivity index (χ0v) is 8.33. The van der Waals surface area contributed by atoms with E-state index < -0.39 is 0 Å². The van der Waals surface area contributed by atoms with Crippen LogP contribution in [-0.4, -0.2) is 24.1 Å². The number of nitrogens with one attached hydrogen (secondary N) is 1. The fourth-order valence-corrected chi connectivity index (χ4v) is 2.50. The van der Waals surface area contributed by atoms with Crippen LogP contribution in [0.1, 0.15) is 25.7 Å². The van der Waals surface area contributed by atoms with Crippen LogP contribution >= 0.6 is 11.8 Å². The van der Waals surface area contributed by atoms with Crippen molar-refractivity contribution in [3.63, 3.8) is 0 Å². The van der Waals surface area contributed by atoms with E-state index in [1.807, 2.05) is 0 Å². The Kier molecular flexibility index (Phi) is 5.30. The molecular formula is C10H17NS. The summed E-state index contributed by atoms with van der Waals surface area (Å²) in [6.45, 7) is 1.09. The maximum atomic E-state index is 5.17. The summed E-state index contributed by atoms with van der Waals surface area (Å²) in [5, 5.41) is 3.54. The highest BCUT2D eigenvalue weighted by Gasteiger charge is 2.11. The Balaban J connectivity index is 1.95. The largest absolute Gasteiger partial charge is 0.313 e. The van der Waals surface area contributed by atoms with Crippen LogP contribution in [0.4, 0.5) is 0 Å². The maximum Gasteiger partial charge on any atom is 0.0158 e. The van der Waals surface area contributed by atoms with Crippen LogP contribution < -0.4 is 5.32 Å². The molecule has 1 nitrogen and oxygen atoms in total. The smallest absolute Gasteiger partial charge is 0.0158 e. The van der Waals surface area contributed by atoms with E-state index in [2.05, 4.69) is 23.0 Å². The van der Waals surface area contributed by atoms with E-state index in [-0.39, 0.29) is 0 Å². The minimum atomic E-state index is 0.751. The van der Waals surface area contributed by atoms with Crippen LogP contribution in [0.3, 0.4) is 0 Å². The molecule has 12 heavy (non-hydrogen) atoms. The zero-order chi connectivity index (χ0) is 8.65. The SMILES string of the molecule is C#CCCCNC1CCCSC1. The highest BCUT2D eigenvalue weighted by Crippen LogP contribution is 2.16. The molecule has 1 unspecified atom stereocenters. The molecule has 0 bridgehead atoms. The summed E-state index contributed by atoms with van der Waals surface area (Å²) in [5.41, 5.74) is 0. The third-order valence-corrected chi connectivity index (χ3v) is 3.31. The molecule has 0 aromatic rings. The van der Waals surface area contributed by atoms with Crippen LogP contribution in [0.2, 0.25) is 0 Å². The molecule has 2 heteroatoms. The number of thioether (sulfide) groups is 1. The fraction of sp³-hybridized carbons (Fsp3) is 0.800. The van der Waals surface area contributed by atoms with Gasteiger partial charge in [0.05, 0.1) is 0 Å². The van der Waals surface area contributed by atoms with E-state index in [0.717, 1.165) is 25.4 Å². The van der Waals surface area contributed by atoms with Gasteiger partial charge >= 0.3 is 0 Å². The van der Waals surface area contributed by atoms with Gasteiger partial charge in [-0.25, -0.2) is 0 Å². The first-order chi connectivity index (χ1) is 5.93. The van der Waals surface area contributed by atoms with Gasteiger partial charge in [-0.15, -0.1) is 12.3 Å². The van der Waals surface area contributed by atoms with Gasteiger partial charge in [-0.05, 0) is 31.6 Å². The molecular weight excluding hydrogens is 166 g/mol. The van der Waals surface area contributed by atoms with Gasteiger partial charge in [0.25, 0.3) is 0 Å². The van der Waals surface area contributed by atoms with Gasteiger partial charge < -0.3 is 5.32 Å². The van der Waals surface area contributed by atoms with Crippen LogP contribution in [0.5, 0.6) is 0 Å². The second-order valence-corrected chi connectivity index (χ2v) is 4.33. The molecule has 0 radical (unpaired) electrons. The number of hydrogen-bond donors (Lipinski definition) is 1. The molecule has 1 fully saturated rings. The van der Waals surface area contributed by atoms with Gasteiger partial charge in [-0.1, -0.05) is 0 Å². The van der Waals surface area contributed by atoms with Crippen LogP contribution in [0, 0.1) is 12.3 Å². The van der Waals surface area contributed by atoms with Gasteiger partial charge in [-0.2, -0.15) is 11.8 Å². The summed E-state index contributed by atoms with van der Waals surface area (Å²) in [5.74, 6) is 5.30. The van der Waals surface area contributed by atoms with E-state index in [1.54, 1.807) is 0 Å². The summed E-state index contributed by atoms with van der Waals surface area (Å²) in [6, 6.07) is 0.751. The Labute approximate surface area is 79.7 Å². The molecule has 0 saturated carbocycles. The molecule has 0 aromatic heterocycles. The highest BCUT2D eigenvalue weighted by molar-refractivity contribution is 7.99. The lowest BCUT2D eigenvalue weighted by Crippen LogP contribution is -2.34. The lowest BCUT2D eigenvalue weighted by atomic mass is 10.2. The van der Waals surface area contributed by atoms with Crippen LogP contribution in [0.15, 0.2) is 0 Å². The summed E-state index contributed by atoms with van der Waals surface area (Å²) < 4.78 is 0. The van der Waals surface area contributed by atoms with Crippen LogP contribution in [-0.2, 0) is 0 Å². The second-order valence-electron chi connectivity index (χ2n) is 3.18. The third-order valence-electron chi connectivity index (χ3n) is 2.09. The van der Waals surface area contributed by atoms with E-state index in [1.165, 1.54) is 24.3 Å². The molecule has 1 atom stereocenters. The molecule has 1 N–H and O–H groups in total. The van der Waals surface area contributed by atoms with Crippen molar-refractivity contribution < 1.29 is 0 Å². The molecule has 1 aliphatic rings. The molecule has 1 aliphatic heterocycles. The Morgan fingerprint density at radius 1 is 1.58 bits per heavy atom. The summed E-state index contributed by atoms with van der Waals surface area (Å²) in [6.07, 6.45) is 9.92. The summed E-state index contributed by atoms with van der Waals surface area (Å²) >= 11 is 2.06. The van der Waals surface area contributed by atoms with Crippen LogP contribution in [0.25, 0.3) is 0 Å². The van der Waals surface area contributed by atoms with Crippen molar-refractivity contribution in [2.24, 2.45) is 0 Å². The predicted octanol–water partition coefficient (Wildman–Crippen LogP) is 1.89. The summed E-state index contributed by atoms with van der Waals surface area (Å²) in [4.78, 5) is 0. The van der Waals surface area contributed by atoms with Crippen molar-refractivity contribution in [2.75, 3.05) is 18.1 Å². The first-order valence-electron chi connectivity index (χ1n) is 4.68. The lowest BCUT2D eigenvalue weighted by Gasteiger charge is -2.22. The fourth-order valence-electron chi connectivity index (χ4n) is 1.40. The summed E-state index contributed by atoms with van der Waals surface area (Å²) in [7, 11) is 0. The Hall–Kier alpha value is -0.130. The van der Waals surface area contributed by atoms with Gasteiger partial charge in [0.1, 0.15) is 0 Å². The quantitative estimate of drug-likeness (QED) is 0.527. The predicted molar refractivity (Wildman–Crippen MR) is 56.4 cm³/mol. The molecule has 0 amide bonds. The van der Waals surface area contributed by atoms with Crippen molar-refractivity contribution in [1.82, 2.24) is 5.32 Å². The van der Waals surface area contributed by atoms with Gasteiger partial charge in [0.15, 0.2) is 0 Å². The van der Waals surface area contributed by atoms with Crippen molar-refractivity contribution in [2.45, 2.75) is 31.7 Å². The molecule has 0 aromatic carbocycles. The minimum Gasteiger partial charge on any atom is -0.313 e. The highest BCUT2D eigenvalue weighted by atomic mass is 32.2. The number of terminal acetylenes is 1. The first kappa shape index (κ1) is 9.95. The molecule has 1 saturated heterocycles. The van der Waals surface area contributed by atoms with Gasteiger partial charge in [0.2, 0.25) is 0 Å². The van der Waals surface area contributed by atoms with E-state index in [0.29, 0.717) is 0 Å². The number of hydrogen-bond acceptors (Lipinski definition) is 2. The van der Waals surface area contributed by atoms with E-state index >= 15 is 0 Å². The average Bonchev–Trinajstić information content (AvgIpc) is 2.14. The molecule has 1 heterocycles. The number of unbranched alkanes of at least 4 members (excludes halogenated alkanes) is 1. The van der Waals surface area contributed by atoms with Crippen molar-refractivity contribution in [3.05, 3.63) is 0 Å².